The van der Waals surface area contributed by atoms with E-state index < -0.39 is 0 Å². The second-order valence-electron chi connectivity index (χ2n) is 4.11. The van der Waals surface area contributed by atoms with E-state index in [-0.39, 0.29) is 6.04 Å². The second kappa shape index (κ2) is 5.90. The molecule has 2 rings (SSSR count). The van der Waals surface area contributed by atoms with Gasteiger partial charge in [0.15, 0.2) is 0 Å². The largest absolute Gasteiger partial charge is 0.308 e. The zero-order valence-corrected chi connectivity index (χ0v) is 13.0. The first kappa shape index (κ1) is 13.6. The van der Waals surface area contributed by atoms with E-state index >= 15 is 0 Å². The Kier molecular flexibility index (Phi) is 4.47. The fourth-order valence-corrected chi connectivity index (χ4v) is 2.95. The van der Waals surface area contributed by atoms with E-state index in [1.807, 2.05) is 24.0 Å². The summed E-state index contributed by atoms with van der Waals surface area (Å²) < 4.78 is 6.93. The maximum Gasteiger partial charge on any atom is 0.0928 e. The van der Waals surface area contributed by atoms with Crippen LogP contribution < -0.4 is 5.32 Å². The van der Waals surface area contributed by atoms with Crippen LogP contribution in [0.1, 0.15) is 30.0 Å². The van der Waals surface area contributed by atoms with Crippen LogP contribution in [0.4, 0.5) is 0 Å². The van der Waals surface area contributed by atoms with E-state index in [2.05, 4.69) is 42.9 Å². The molecule has 2 aromatic heterocycles. The van der Waals surface area contributed by atoms with E-state index in [0.717, 1.165) is 28.8 Å². The van der Waals surface area contributed by atoms with Gasteiger partial charge in [0, 0.05) is 18.8 Å². The van der Waals surface area contributed by atoms with Crippen molar-refractivity contribution in [1.82, 2.24) is 24.7 Å². The molecule has 2 aromatic rings. The normalized spacial score (nSPS) is 12.9. The highest BCUT2D eigenvalue weighted by atomic mass is 79.9. The molecule has 1 unspecified atom stereocenters. The average molecular weight is 330 g/mol. The summed E-state index contributed by atoms with van der Waals surface area (Å²) in [6.45, 7) is 4.99. The summed E-state index contributed by atoms with van der Waals surface area (Å²) in [5.41, 5.74) is 3.18. The van der Waals surface area contributed by atoms with Crippen molar-refractivity contribution in [2.45, 2.75) is 26.3 Å². The van der Waals surface area contributed by atoms with Crippen molar-refractivity contribution in [2.75, 3.05) is 6.54 Å². The number of hydrogen-bond acceptors (Lipinski definition) is 5. The van der Waals surface area contributed by atoms with Gasteiger partial charge < -0.3 is 5.32 Å². The molecule has 2 heterocycles. The Morgan fingerprint density at radius 2 is 2.33 bits per heavy atom. The van der Waals surface area contributed by atoms with Crippen LogP contribution in [-0.2, 0) is 13.5 Å². The van der Waals surface area contributed by atoms with Gasteiger partial charge in [0.25, 0.3) is 0 Å². The molecule has 0 fully saturated rings. The molecule has 0 saturated carbocycles. The molecule has 18 heavy (non-hydrogen) atoms. The van der Waals surface area contributed by atoms with E-state index in [1.165, 1.54) is 17.2 Å². The Morgan fingerprint density at radius 1 is 1.56 bits per heavy atom. The smallest absolute Gasteiger partial charge is 0.0928 e. The summed E-state index contributed by atoms with van der Waals surface area (Å²) in [5.74, 6) is 0. The van der Waals surface area contributed by atoms with Gasteiger partial charge in [-0.25, -0.2) is 0 Å². The van der Waals surface area contributed by atoms with Gasteiger partial charge in [0.1, 0.15) is 0 Å². The lowest BCUT2D eigenvalue weighted by Crippen LogP contribution is -2.24. The molecular weight excluding hydrogens is 314 g/mol. The number of aryl methyl sites for hydroxylation is 2. The molecule has 1 N–H and O–H groups in total. The van der Waals surface area contributed by atoms with Gasteiger partial charge in [-0.1, -0.05) is 11.4 Å². The van der Waals surface area contributed by atoms with E-state index in [4.69, 9.17) is 0 Å². The highest BCUT2D eigenvalue weighted by Crippen LogP contribution is 2.25. The van der Waals surface area contributed by atoms with Crippen molar-refractivity contribution in [1.29, 1.82) is 0 Å². The first-order valence-corrected chi connectivity index (χ1v) is 7.44. The highest BCUT2D eigenvalue weighted by molar-refractivity contribution is 9.10. The Morgan fingerprint density at radius 3 is 2.83 bits per heavy atom. The maximum atomic E-state index is 4.41. The minimum atomic E-state index is 0.180. The lowest BCUT2D eigenvalue weighted by atomic mass is 10.1. The summed E-state index contributed by atoms with van der Waals surface area (Å²) in [6.07, 6.45) is 0.844. The van der Waals surface area contributed by atoms with Crippen LogP contribution in [0.15, 0.2) is 9.85 Å². The summed E-state index contributed by atoms with van der Waals surface area (Å²) in [6, 6.07) is 0.180. The average Bonchev–Trinajstić information content (AvgIpc) is 2.93. The summed E-state index contributed by atoms with van der Waals surface area (Å²) in [7, 11) is 1.97. The molecule has 0 bridgehead atoms. The Hall–Kier alpha value is -0.790. The second-order valence-corrected chi connectivity index (χ2v) is 5.52. The number of nitrogens with zero attached hydrogens (tertiary/aromatic N) is 4. The van der Waals surface area contributed by atoms with Gasteiger partial charge >= 0.3 is 0 Å². The van der Waals surface area contributed by atoms with Crippen LogP contribution in [0.5, 0.6) is 0 Å². The van der Waals surface area contributed by atoms with Gasteiger partial charge in [-0.2, -0.15) is 5.10 Å². The molecule has 0 aliphatic rings. The highest BCUT2D eigenvalue weighted by Gasteiger charge is 2.19. The van der Waals surface area contributed by atoms with Crippen molar-refractivity contribution < 1.29 is 0 Å². The third-order valence-corrected chi connectivity index (χ3v) is 4.40. The quantitative estimate of drug-likeness (QED) is 0.913. The minimum Gasteiger partial charge on any atom is -0.308 e. The van der Waals surface area contributed by atoms with Crippen LogP contribution in [0.3, 0.4) is 0 Å². The van der Waals surface area contributed by atoms with Crippen molar-refractivity contribution in [3.8, 4) is 0 Å². The summed E-state index contributed by atoms with van der Waals surface area (Å²) >= 11 is 4.98. The van der Waals surface area contributed by atoms with Gasteiger partial charge in [0.05, 0.1) is 27.6 Å². The van der Waals surface area contributed by atoms with E-state index in [1.54, 1.807) is 0 Å². The molecule has 0 amide bonds. The van der Waals surface area contributed by atoms with Crippen LogP contribution in [0, 0.1) is 6.92 Å². The van der Waals surface area contributed by atoms with Crippen LogP contribution in [0.25, 0.3) is 0 Å². The third-order valence-electron chi connectivity index (χ3n) is 2.84. The van der Waals surface area contributed by atoms with Crippen molar-refractivity contribution in [2.24, 2.45) is 7.05 Å². The first-order chi connectivity index (χ1) is 8.63. The number of hydrogen-bond donors (Lipinski definition) is 1. The predicted octanol–water partition coefficient (Wildman–Crippen LogP) is 2.24. The Bertz CT molecular complexity index is 508. The topological polar surface area (TPSA) is 55.6 Å². The first-order valence-electron chi connectivity index (χ1n) is 5.81. The molecule has 0 aromatic carbocycles. The maximum absolute atomic E-state index is 4.41. The van der Waals surface area contributed by atoms with Crippen molar-refractivity contribution in [3.05, 3.63) is 26.9 Å². The fraction of sp³-hybridized carbons (Fsp3) is 0.545. The lowest BCUT2D eigenvalue weighted by molar-refractivity contribution is 0.515. The SMILES string of the molecule is CCNC(Cc1c(Br)c(C)nn1C)c1csnn1. The Balaban J connectivity index is 2.24. The number of likely N-dealkylation sites (N-methyl/N-ethyl adjacent to an activating group) is 1. The van der Waals surface area contributed by atoms with Crippen molar-refractivity contribution >= 4 is 27.5 Å². The zero-order chi connectivity index (χ0) is 13.1. The van der Waals surface area contributed by atoms with Gasteiger partial charge in [0.2, 0.25) is 0 Å². The van der Waals surface area contributed by atoms with E-state index in [9.17, 15) is 0 Å². The van der Waals surface area contributed by atoms with Crippen molar-refractivity contribution in [3.63, 3.8) is 0 Å². The van der Waals surface area contributed by atoms with Crippen LogP contribution >= 0.6 is 27.5 Å². The van der Waals surface area contributed by atoms with Gasteiger partial charge in [-0.05, 0) is 40.9 Å². The Labute approximate surface area is 119 Å². The minimum absolute atomic E-state index is 0.180. The third kappa shape index (κ3) is 2.78. The zero-order valence-electron chi connectivity index (χ0n) is 10.6. The standard InChI is InChI=1S/C11H16BrN5S/c1-4-13-8(9-6-18-16-14-9)5-10-11(12)7(2)15-17(10)3/h6,8,13H,4-5H2,1-3H3. The molecule has 0 aliphatic carbocycles. The number of nitrogens with one attached hydrogen (secondary N) is 1. The van der Waals surface area contributed by atoms with Crippen LogP contribution in [-0.4, -0.2) is 25.9 Å². The monoisotopic (exact) mass is 329 g/mol. The fourth-order valence-electron chi connectivity index (χ4n) is 1.95. The van der Waals surface area contributed by atoms with Gasteiger partial charge in [-0.3, -0.25) is 4.68 Å². The number of rotatable bonds is 5. The van der Waals surface area contributed by atoms with E-state index in [0.29, 0.717) is 0 Å². The molecule has 98 valence electrons. The summed E-state index contributed by atoms with van der Waals surface area (Å²) in [4.78, 5) is 0. The van der Waals surface area contributed by atoms with Crippen LogP contribution in [0.2, 0.25) is 0 Å². The molecule has 5 nitrogen and oxygen atoms in total. The number of aromatic nitrogens is 4. The lowest BCUT2D eigenvalue weighted by Gasteiger charge is -2.15. The molecule has 0 saturated heterocycles. The summed E-state index contributed by atoms with van der Waals surface area (Å²) in [5, 5.41) is 14.0. The predicted molar refractivity (Wildman–Crippen MR) is 75.7 cm³/mol. The number of halogens is 1. The molecule has 1 atom stereocenters. The molecule has 0 aliphatic heterocycles. The molecule has 0 radical (unpaired) electrons. The molecular formula is C11H16BrN5S. The van der Waals surface area contributed by atoms with Gasteiger partial charge in [-0.15, -0.1) is 5.10 Å². The molecule has 7 heteroatoms. The molecule has 0 spiro atoms.